The zero-order valence-corrected chi connectivity index (χ0v) is 21.8. The summed E-state index contributed by atoms with van der Waals surface area (Å²) in [6.07, 6.45) is -8.25. The Morgan fingerprint density at radius 2 is 1.65 bits per heavy atom. The first-order valence-corrected chi connectivity index (χ1v) is 11.8. The van der Waals surface area contributed by atoms with Crippen LogP contribution in [0.3, 0.4) is 0 Å². The molecule has 2 aliphatic rings. The molecule has 0 fully saturated rings. The Kier molecular flexibility index (Phi) is 11.2. The topological polar surface area (TPSA) is 123 Å². The molecule has 2 aliphatic heterocycles. The number of nitrogens with zero attached hydrogens (tertiary/aromatic N) is 3. The number of ether oxygens (including phenoxy) is 3. The number of aryl methyl sites for hydroxylation is 1. The second kappa shape index (κ2) is 13.7. The third kappa shape index (κ3) is 9.89. The van der Waals surface area contributed by atoms with E-state index in [1.165, 1.54) is 11.3 Å². The number of carbonyl (C=O) groups is 2. The average molecular weight is 585 g/mol. The molecule has 224 valence electrons. The standard InChI is InChI=1S/C20H27N3O3.2C2HF3O2/c1-14(2)10-24-11-16-8-23(9-17-20(16)22(3)12-21-17)7-15-4-5-18-19(6-15)26-13-25-18;2*3-2(4,5)1(6)7/h4-6,12,14,16H,7-11,13H2,1-3H3;2*(H,6,7). The van der Waals surface area contributed by atoms with Gasteiger partial charge in [0.25, 0.3) is 0 Å². The molecule has 0 saturated carbocycles. The third-order valence-electron chi connectivity index (χ3n) is 5.40. The summed E-state index contributed by atoms with van der Waals surface area (Å²) in [6, 6.07) is 6.20. The smallest absolute Gasteiger partial charge is 0.475 e. The fourth-order valence-corrected chi connectivity index (χ4v) is 3.80. The number of imidazole rings is 1. The average Bonchev–Trinajstić information content (AvgIpc) is 3.44. The Bertz CT molecular complexity index is 1130. The van der Waals surface area contributed by atoms with Gasteiger partial charge >= 0.3 is 24.3 Å². The van der Waals surface area contributed by atoms with Gasteiger partial charge in [0.15, 0.2) is 11.5 Å². The van der Waals surface area contributed by atoms with Crippen LogP contribution in [-0.2, 0) is 34.5 Å². The second-order valence-electron chi connectivity index (χ2n) is 9.28. The number of aromatic nitrogens is 2. The Labute approximate surface area is 225 Å². The summed E-state index contributed by atoms with van der Waals surface area (Å²) in [5.41, 5.74) is 3.71. The highest BCUT2D eigenvalue weighted by atomic mass is 19.4. The fraction of sp³-hybridized carbons (Fsp3) is 0.542. The van der Waals surface area contributed by atoms with E-state index in [9.17, 15) is 26.3 Å². The van der Waals surface area contributed by atoms with Crippen molar-refractivity contribution in [3.05, 3.63) is 41.5 Å². The number of carboxylic acid groups (broad SMARTS) is 2. The first-order valence-electron chi connectivity index (χ1n) is 11.8. The normalized spacial score (nSPS) is 16.4. The summed E-state index contributed by atoms with van der Waals surface area (Å²) in [6.45, 7) is 8.92. The maximum Gasteiger partial charge on any atom is 0.490 e. The SMILES string of the molecule is CC(C)COCC1CN(Cc2ccc3c(c2)OCO3)Cc2ncn(C)c21.O=C(O)C(F)(F)F.O=C(O)C(F)(F)F. The second-order valence-corrected chi connectivity index (χ2v) is 9.28. The van der Waals surface area contributed by atoms with Crippen LogP contribution in [0.15, 0.2) is 24.5 Å². The molecule has 0 aliphatic carbocycles. The number of halogens is 6. The lowest BCUT2D eigenvalue weighted by molar-refractivity contribution is -0.193. The Morgan fingerprint density at radius 1 is 1.07 bits per heavy atom. The Morgan fingerprint density at radius 3 is 2.20 bits per heavy atom. The molecule has 1 aromatic heterocycles. The van der Waals surface area contributed by atoms with Crippen molar-refractivity contribution in [3.8, 4) is 11.5 Å². The maximum atomic E-state index is 10.6. The lowest BCUT2D eigenvalue weighted by atomic mass is 9.98. The molecule has 1 atom stereocenters. The lowest BCUT2D eigenvalue weighted by Crippen LogP contribution is -2.36. The molecule has 0 saturated heterocycles. The van der Waals surface area contributed by atoms with Gasteiger partial charge in [-0.25, -0.2) is 14.6 Å². The van der Waals surface area contributed by atoms with Crippen LogP contribution in [0.25, 0.3) is 0 Å². The molecule has 2 aromatic rings. The summed E-state index contributed by atoms with van der Waals surface area (Å²) in [7, 11) is 2.08. The molecule has 1 unspecified atom stereocenters. The van der Waals surface area contributed by atoms with E-state index in [4.69, 9.17) is 34.0 Å². The monoisotopic (exact) mass is 585 g/mol. The van der Waals surface area contributed by atoms with E-state index in [0.717, 1.165) is 50.0 Å². The zero-order chi connectivity index (χ0) is 30.3. The largest absolute Gasteiger partial charge is 0.490 e. The van der Waals surface area contributed by atoms with Gasteiger partial charge in [-0.2, -0.15) is 26.3 Å². The molecule has 10 nitrogen and oxygen atoms in total. The van der Waals surface area contributed by atoms with Crippen LogP contribution >= 0.6 is 0 Å². The van der Waals surface area contributed by atoms with Crippen molar-refractivity contribution in [3.63, 3.8) is 0 Å². The van der Waals surface area contributed by atoms with Crippen LogP contribution in [-0.4, -0.2) is 75.5 Å². The first-order chi connectivity index (χ1) is 18.5. The van der Waals surface area contributed by atoms with Gasteiger partial charge in [-0.3, -0.25) is 4.90 Å². The van der Waals surface area contributed by atoms with Gasteiger partial charge in [0.05, 0.1) is 18.6 Å². The molecule has 16 heteroatoms. The number of benzene rings is 1. The molecule has 0 radical (unpaired) electrons. The molecule has 0 amide bonds. The highest BCUT2D eigenvalue weighted by Gasteiger charge is 2.39. The Balaban J connectivity index is 0.000000333. The van der Waals surface area contributed by atoms with Crippen molar-refractivity contribution in [2.24, 2.45) is 13.0 Å². The van der Waals surface area contributed by atoms with E-state index < -0.39 is 24.3 Å². The van der Waals surface area contributed by atoms with Gasteiger partial charge < -0.3 is 29.0 Å². The van der Waals surface area contributed by atoms with E-state index in [2.05, 4.69) is 47.5 Å². The predicted octanol–water partition coefficient (Wildman–Crippen LogP) is 4.19. The Hall–Kier alpha value is -3.53. The van der Waals surface area contributed by atoms with Crippen molar-refractivity contribution in [1.82, 2.24) is 14.5 Å². The van der Waals surface area contributed by atoms with E-state index in [-0.39, 0.29) is 0 Å². The summed E-state index contributed by atoms with van der Waals surface area (Å²) >= 11 is 0. The van der Waals surface area contributed by atoms with Gasteiger partial charge in [-0.05, 0) is 23.6 Å². The molecule has 40 heavy (non-hydrogen) atoms. The van der Waals surface area contributed by atoms with E-state index in [0.29, 0.717) is 18.6 Å². The molecular weight excluding hydrogens is 556 g/mol. The van der Waals surface area contributed by atoms with Crippen molar-refractivity contribution < 1.29 is 60.4 Å². The van der Waals surface area contributed by atoms with Crippen LogP contribution in [0.5, 0.6) is 11.5 Å². The van der Waals surface area contributed by atoms with Crippen molar-refractivity contribution >= 4 is 11.9 Å². The number of carboxylic acids is 2. The molecule has 4 rings (SSSR count). The zero-order valence-electron chi connectivity index (χ0n) is 21.8. The molecule has 2 N–H and O–H groups in total. The van der Waals surface area contributed by atoms with Gasteiger partial charge in [-0.1, -0.05) is 19.9 Å². The van der Waals surface area contributed by atoms with Crippen LogP contribution in [0.4, 0.5) is 26.3 Å². The maximum absolute atomic E-state index is 10.6. The number of hydrogen-bond acceptors (Lipinski definition) is 7. The molecular formula is C24H29F6N3O7. The number of rotatable bonds is 6. The van der Waals surface area contributed by atoms with E-state index in [1.807, 2.05) is 12.4 Å². The predicted molar refractivity (Wildman–Crippen MR) is 126 cm³/mol. The van der Waals surface area contributed by atoms with Gasteiger partial charge in [0, 0.05) is 44.9 Å². The molecule has 1 aromatic carbocycles. The third-order valence-corrected chi connectivity index (χ3v) is 5.40. The molecule has 0 bridgehead atoms. The number of hydrogen-bond donors (Lipinski definition) is 2. The molecule has 3 heterocycles. The number of aliphatic carboxylic acids is 2. The summed E-state index contributed by atoms with van der Waals surface area (Å²) in [5.74, 6) is -2.94. The fourth-order valence-electron chi connectivity index (χ4n) is 3.80. The van der Waals surface area contributed by atoms with Gasteiger partial charge in [0.2, 0.25) is 6.79 Å². The van der Waals surface area contributed by atoms with Crippen LogP contribution in [0, 0.1) is 5.92 Å². The highest BCUT2D eigenvalue weighted by molar-refractivity contribution is 5.73. The van der Waals surface area contributed by atoms with E-state index >= 15 is 0 Å². The van der Waals surface area contributed by atoms with E-state index in [1.54, 1.807) is 0 Å². The minimum absolute atomic E-state index is 0.315. The van der Waals surface area contributed by atoms with Gasteiger partial charge in [0.1, 0.15) is 0 Å². The molecule has 0 spiro atoms. The summed E-state index contributed by atoms with van der Waals surface area (Å²) < 4.78 is 82.5. The number of fused-ring (bicyclic) bond motifs is 2. The quantitative estimate of drug-likeness (QED) is 0.481. The first kappa shape index (κ1) is 32.7. The van der Waals surface area contributed by atoms with Crippen molar-refractivity contribution in [2.75, 3.05) is 26.6 Å². The number of alkyl halides is 6. The lowest BCUT2D eigenvalue weighted by Gasteiger charge is -2.33. The van der Waals surface area contributed by atoms with Crippen LogP contribution in [0.1, 0.15) is 36.7 Å². The minimum Gasteiger partial charge on any atom is -0.475 e. The minimum atomic E-state index is -5.08. The van der Waals surface area contributed by atoms with Crippen LogP contribution in [0.2, 0.25) is 0 Å². The van der Waals surface area contributed by atoms with Crippen LogP contribution < -0.4 is 9.47 Å². The summed E-state index contributed by atoms with van der Waals surface area (Å²) in [4.78, 5) is 24.9. The van der Waals surface area contributed by atoms with Crippen molar-refractivity contribution in [1.29, 1.82) is 0 Å². The summed E-state index contributed by atoms with van der Waals surface area (Å²) in [5, 5.41) is 14.2. The van der Waals surface area contributed by atoms with Crippen molar-refractivity contribution in [2.45, 2.75) is 45.2 Å². The highest BCUT2D eigenvalue weighted by Crippen LogP contribution is 2.34. The van der Waals surface area contributed by atoms with Gasteiger partial charge in [-0.15, -0.1) is 0 Å².